The van der Waals surface area contributed by atoms with Crippen molar-refractivity contribution in [2.24, 2.45) is 7.05 Å². The van der Waals surface area contributed by atoms with E-state index in [0.717, 1.165) is 0 Å². The van der Waals surface area contributed by atoms with Gasteiger partial charge in [0, 0.05) is 18.8 Å². The topological polar surface area (TPSA) is 107 Å². The van der Waals surface area contributed by atoms with E-state index in [0.29, 0.717) is 22.6 Å². The lowest BCUT2D eigenvalue weighted by Gasteiger charge is -2.19. The number of carbonyl (C=O) groups is 3. The molecule has 1 heterocycles. The van der Waals surface area contributed by atoms with E-state index >= 15 is 0 Å². The van der Waals surface area contributed by atoms with Crippen LogP contribution >= 0.6 is 0 Å². The number of nitrogens with zero attached hydrogens (tertiary/aromatic N) is 1. The van der Waals surface area contributed by atoms with Gasteiger partial charge in [0.1, 0.15) is 5.69 Å². The molecule has 1 atom stereocenters. The molecule has 27 heavy (non-hydrogen) atoms. The molecule has 0 saturated carbocycles. The Bertz CT molecular complexity index is 871. The van der Waals surface area contributed by atoms with Gasteiger partial charge in [-0.3, -0.25) is 14.4 Å². The van der Waals surface area contributed by atoms with Crippen LogP contribution in [0.2, 0.25) is 0 Å². The van der Waals surface area contributed by atoms with Gasteiger partial charge in [0.05, 0.1) is 26.7 Å². The molecule has 2 aromatic rings. The summed E-state index contributed by atoms with van der Waals surface area (Å²) in [4.78, 5) is 35.4. The predicted octanol–water partition coefficient (Wildman–Crippen LogP) is 2.19. The number of aliphatic carboxylic acids is 1. The van der Waals surface area contributed by atoms with Crippen molar-refractivity contribution in [1.29, 1.82) is 0 Å². The summed E-state index contributed by atoms with van der Waals surface area (Å²) in [7, 11) is 4.61. The summed E-state index contributed by atoms with van der Waals surface area (Å²) in [6.45, 7) is 1.41. The number of aromatic nitrogens is 1. The van der Waals surface area contributed by atoms with Crippen molar-refractivity contribution in [1.82, 2.24) is 9.88 Å². The molecular formula is C19H22N2O6. The second-order valence-electron chi connectivity index (χ2n) is 6.02. The van der Waals surface area contributed by atoms with Gasteiger partial charge in [0.25, 0.3) is 5.91 Å². The number of Topliss-reactive ketones (excluding diaryl/α,β-unsaturated/α-hetero) is 1. The van der Waals surface area contributed by atoms with Gasteiger partial charge in [-0.25, -0.2) is 0 Å². The van der Waals surface area contributed by atoms with Crippen LogP contribution in [0.1, 0.15) is 45.8 Å². The number of benzene rings is 1. The van der Waals surface area contributed by atoms with E-state index in [1.807, 2.05) is 0 Å². The Morgan fingerprint density at radius 1 is 1.15 bits per heavy atom. The molecule has 0 aliphatic heterocycles. The molecule has 0 bridgehead atoms. The summed E-state index contributed by atoms with van der Waals surface area (Å²) >= 11 is 0. The predicted molar refractivity (Wildman–Crippen MR) is 97.4 cm³/mol. The van der Waals surface area contributed by atoms with Gasteiger partial charge in [-0.05, 0) is 30.7 Å². The monoisotopic (exact) mass is 374 g/mol. The number of nitrogens with one attached hydrogen (secondary N) is 1. The number of ketones is 1. The zero-order chi connectivity index (χ0) is 20.1. The molecule has 1 unspecified atom stereocenters. The van der Waals surface area contributed by atoms with Gasteiger partial charge in [-0.1, -0.05) is 6.07 Å². The number of methoxy groups -OCH3 is 2. The highest BCUT2D eigenvalue weighted by Gasteiger charge is 2.22. The molecule has 0 aliphatic carbocycles. The maximum absolute atomic E-state index is 12.7. The molecule has 0 spiro atoms. The van der Waals surface area contributed by atoms with Gasteiger partial charge >= 0.3 is 5.97 Å². The summed E-state index contributed by atoms with van der Waals surface area (Å²) in [6.07, 6.45) is 1.24. The quantitative estimate of drug-likeness (QED) is 0.686. The number of rotatable bonds is 8. The van der Waals surface area contributed by atoms with Crippen LogP contribution < -0.4 is 14.8 Å². The first kappa shape index (κ1) is 20.0. The zero-order valence-corrected chi connectivity index (χ0v) is 15.6. The van der Waals surface area contributed by atoms with Gasteiger partial charge in [0.2, 0.25) is 0 Å². The van der Waals surface area contributed by atoms with E-state index < -0.39 is 17.9 Å². The number of amides is 1. The smallest absolute Gasteiger partial charge is 0.305 e. The summed E-state index contributed by atoms with van der Waals surface area (Å²) in [6, 6.07) is 5.63. The maximum Gasteiger partial charge on any atom is 0.305 e. The van der Waals surface area contributed by atoms with Crippen LogP contribution in [0, 0.1) is 0 Å². The zero-order valence-electron chi connectivity index (χ0n) is 15.6. The fourth-order valence-corrected chi connectivity index (χ4v) is 2.71. The van der Waals surface area contributed by atoms with Crippen molar-refractivity contribution < 1.29 is 29.0 Å². The maximum atomic E-state index is 12.7. The minimum absolute atomic E-state index is 0.161. The fraction of sp³-hybridized carbons (Fsp3) is 0.316. The van der Waals surface area contributed by atoms with Crippen molar-refractivity contribution in [2.45, 2.75) is 19.4 Å². The highest BCUT2D eigenvalue weighted by atomic mass is 16.5. The number of ether oxygens (including phenoxy) is 2. The van der Waals surface area contributed by atoms with E-state index in [2.05, 4.69) is 5.32 Å². The Morgan fingerprint density at radius 3 is 2.33 bits per heavy atom. The lowest BCUT2D eigenvalue weighted by molar-refractivity contribution is -0.137. The van der Waals surface area contributed by atoms with E-state index in [1.165, 1.54) is 31.8 Å². The number of carboxylic acids is 1. The van der Waals surface area contributed by atoms with Crippen molar-refractivity contribution in [3.05, 3.63) is 47.3 Å². The minimum Gasteiger partial charge on any atom is -0.493 e. The van der Waals surface area contributed by atoms with Crippen molar-refractivity contribution in [3.8, 4) is 11.5 Å². The number of hydrogen-bond donors (Lipinski definition) is 2. The molecule has 1 amide bonds. The van der Waals surface area contributed by atoms with Crippen LogP contribution in [0.25, 0.3) is 0 Å². The van der Waals surface area contributed by atoms with E-state index in [-0.39, 0.29) is 17.9 Å². The van der Waals surface area contributed by atoms with Gasteiger partial charge in [-0.2, -0.15) is 0 Å². The molecule has 0 saturated heterocycles. The highest BCUT2D eigenvalue weighted by molar-refractivity contribution is 5.99. The molecule has 1 aromatic heterocycles. The van der Waals surface area contributed by atoms with Crippen LogP contribution in [0.4, 0.5) is 0 Å². The summed E-state index contributed by atoms with van der Waals surface area (Å²) < 4.78 is 11.9. The Hall–Kier alpha value is -3.29. The van der Waals surface area contributed by atoms with Crippen molar-refractivity contribution in [3.63, 3.8) is 0 Å². The molecule has 2 rings (SSSR count). The third-order valence-corrected chi connectivity index (χ3v) is 4.14. The van der Waals surface area contributed by atoms with Crippen LogP contribution in [-0.4, -0.2) is 41.6 Å². The van der Waals surface area contributed by atoms with Crippen molar-refractivity contribution in [2.75, 3.05) is 14.2 Å². The number of aryl methyl sites for hydroxylation is 1. The minimum atomic E-state index is -1.06. The molecule has 0 radical (unpaired) electrons. The van der Waals surface area contributed by atoms with E-state index in [4.69, 9.17) is 9.47 Å². The van der Waals surface area contributed by atoms with Gasteiger partial charge in [-0.15, -0.1) is 0 Å². The average molecular weight is 374 g/mol. The standard InChI is InChI=1S/C19H22N2O6/c1-11(22)13-7-15(21(2)10-13)19(25)20-14(9-18(23)24)12-5-6-16(26-3)17(8-12)27-4/h5-8,10,14H,9H2,1-4H3,(H,20,25)(H,23,24). The SMILES string of the molecule is COc1ccc(C(CC(=O)O)NC(=O)c2cc(C(C)=O)cn2C)cc1OC. The largest absolute Gasteiger partial charge is 0.493 e. The number of hydrogen-bond acceptors (Lipinski definition) is 5. The average Bonchev–Trinajstić information content (AvgIpc) is 3.02. The van der Waals surface area contributed by atoms with Crippen molar-refractivity contribution >= 4 is 17.7 Å². The molecule has 8 nitrogen and oxygen atoms in total. The summed E-state index contributed by atoms with van der Waals surface area (Å²) in [5.74, 6) is -0.781. The molecule has 8 heteroatoms. The van der Waals surface area contributed by atoms with Gasteiger partial charge in [0.15, 0.2) is 17.3 Å². The normalized spacial score (nSPS) is 11.6. The van der Waals surface area contributed by atoms with Crippen LogP contribution in [-0.2, 0) is 11.8 Å². The molecular weight excluding hydrogens is 352 g/mol. The highest BCUT2D eigenvalue weighted by Crippen LogP contribution is 2.31. The third-order valence-electron chi connectivity index (χ3n) is 4.14. The van der Waals surface area contributed by atoms with Crippen LogP contribution in [0.3, 0.4) is 0 Å². The molecule has 0 fully saturated rings. The molecule has 144 valence electrons. The Kier molecular flexibility index (Phi) is 6.23. The summed E-state index contributed by atoms with van der Waals surface area (Å²) in [5, 5.41) is 11.9. The summed E-state index contributed by atoms with van der Waals surface area (Å²) in [5.41, 5.74) is 1.23. The Balaban J connectivity index is 2.33. The number of carbonyl (C=O) groups excluding carboxylic acids is 2. The lowest BCUT2D eigenvalue weighted by Crippen LogP contribution is -2.31. The number of carboxylic acid groups (broad SMARTS) is 1. The fourth-order valence-electron chi connectivity index (χ4n) is 2.71. The van der Waals surface area contributed by atoms with Crippen LogP contribution in [0.5, 0.6) is 11.5 Å². The molecule has 2 N–H and O–H groups in total. The second kappa shape index (κ2) is 8.39. The van der Waals surface area contributed by atoms with E-state index in [9.17, 15) is 19.5 Å². The second-order valence-corrected chi connectivity index (χ2v) is 6.02. The first-order chi connectivity index (χ1) is 12.8. The lowest BCUT2D eigenvalue weighted by atomic mass is 10.0. The van der Waals surface area contributed by atoms with Crippen LogP contribution in [0.15, 0.2) is 30.5 Å². The van der Waals surface area contributed by atoms with Gasteiger partial charge < -0.3 is 24.5 Å². The Labute approximate surface area is 156 Å². The Morgan fingerprint density at radius 2 is 1.81 bits per heavy atom. The first-order valence-electron chi connectivity index (χ1n) is 8.18. The van der Waals surface area contributed by atoms with E-state index in [1.54, 1.807) is 31.4 Å². The third kappa shape index (κ3) is 4.66. The molecule has 1 aromatic carbocycles. The molecule has 0 aliphatic rings. The first-order valence-corrected chi connectivity index (χ1v) is 8.18.